The SMILES string of the molecule is CC1(C)OB(c2cccc(CSc3nc4ccccc4s3)c2)OC1(C)C. The van der Waals surface area contributed by atoms with Crippen molar-refractivity contribution in [2.75, 3.05) is 0 Å². The molecule has 3 aromatic rings. The summed E-state index contributed by atoms with van der Waals surface area (Å²) < 4.78 is 14.7. The van der Waals surface area contributed by atoms with E-state index in [0.29, 0.717) is 0 Å². The Morgan fingerprint density at radius 3 is 2.46 bits per heavy atom. The Bertz CT molecular complexity index is 889. The molecule has 0 radical (unpaired) electrons. The van der Waals surface area contributed by atoms with E-state index in [-0.39, 0.29) is 18.3 Å². The molecular weight excluding hydrogens is 361 g/mol. The van der Waals surface area contributed by atoms with Crippen molar-refractivity contribution in [2.45, 2.75) is 49.0 Å². The van der Waals surface area contributed by atoms with Crippen molar-refractivity contribution in [3.05, 3.63) is 54.1 Å². The summed E-state index contributed by atoms with van der Waals surface area (Å²) in [5.74, 6) is 0.882. The van der Waals surface area contributed by atoms with E-state index in [1.807, 2.05) is 6.07 Å². The summed E-state index contributed by atoms with van der Waals surface area (Å²) in [6, 6.07) is 16.8. The van der Waals surface area contributed by atoms with Gasteiger partial charge >= 0.3 is 7.12 Å². The number of thiazole rings is 1. The molecule has 0 bridgehead atoms. The second-order valence-electron chi connectivity index (χ2n) is 7.57. The second kappa shape index (κ2) is 6.68. The van der Waals surface area contributed by atoms with Crippen LogP contribution in [-0.2, 0) is 15.1 Å². The lowest BCUT2D eigenvalue weighted by atomic mass is 9.78. The zero-order valence-corrected chi connectivity index (χ0v) is 17.1. The third kappa shape index (κ3) is 3.43. The average molecular weight is 383 g/mol. The highest BCUT2D eigenvalue weighted by atomic mass is 32.2. The molecule has 4 rings (SSSR count). The number of benzene rings is 2. The van der Waals surface area contributed by atoms with Crippen molar-refractivity contribution in [3.63, 3.8) is 0 Å². The van der Waals surface area contributed by atoms with Crippen LogP contribution < -0.4 is 5.46 Å². The Kier molecular flexibility index (Phi) is 4.64. The molecule has 0 saturated carbocycles. The first-order valence-electron chi connectivity index (χ1n) is 8.77. The summed E-state index contributed by atoms with van der Waals surface area (Å²) in [6.45, 7) is 8.33. The van der Waals surface area contributed by atoms with Gasteiger partial charge in [-0.1, -0.05) is 48.2 Å². The van der Waals surface area contributed by atoms with Crippen LogP contribution in [0.25, 0.3) is 10.2 Å². The number of thioether (sulfide) groups is 1. The molecule has 2 heterocycles. The van der Waals surface area contributed by atoms with E-state index in [2.05, 4.69) is 70.2 Å². The quantitative estimate of drug-likeness (QED) is 0.474. The fourth-order valence-electron chi connectivity index (χ4n) is 2.87. The minimum absolute atomic E-state index is 0.313. The van der Waals surface area contributed by atoms with Gasteiger partial charge < -0.3 is 9.31 Å². The van der Waals surface area contributed by atoms with Crippen LogP contribution in [0, 0.1) is 0 Å². The number of nitrogens with zero attached hydrogens (tertiary/aromatic N) is 1. The first kappa shape index (κ1) is 18.0. The van der Waals surface area contributed by atoms with Gasteiger partial charge in [0.25, 0.3) is 0 Å². The summed E-state index contributed by atoms with van der Waals surface area (Å²) in [6.07, 6.45) is 0. The van der Waals surface area contributed by atoms with Crippen molar-refractivity contribution < 1.29 is 9.31 Å². The number of rotatable bonds is 4. The molecule has 0 amide bonds. The van der Waals surface area contributed by atoms with Crippen LogP contribution in [0.15, 0.2) is 52.9 Å². The third-order valence-corrected chi connectivity index (χ3v) is 7.36. The van der Waals surface area contributed by atoms with E-state index >= 15 is 0 Å². The molecule has 1 aromatic heterocycles. The van der Waals surface area contributed by atoms with E-state index in [1.165, 1.54) is 10.3 Å². The maximum atomic E-state index is 6.17. The number of hydrogen-bond acceptors (Lipinski definition) is 5. The van der Waals surface area contributed by atoms with E-state index in [0.717, 1.165) is 21.1 Å². The van der Waals surface area contributed by atoms with Crippen LogP contribution in [0.1, 0.15) is 33.3 Å². The summed E-state index contributed by atoms with van der Waals surface area (Å²) in [5.41, 5.74) is 2.77. The Balaban J connectivity index is 1.48. The molecular formula is C20H22BNO2S2. The standard InChI is InChI=1S/C20H22BNO2S2/c1-19(2)20(3,4)24-21(23-19)15-9-7-8-14(12-15)13-25-18-22-16-10-5-6-11-17(16)26-18/h5-12H,13H2,1-4H3. The van der Waals surface area contributed by atoms with Crippen molar-refractivity contribution in [2.24, 2.45) is 0 Å². The molecule has 3 nitrogen and oxygen atoms in total. The zero-order chi connectivity index (χ0) is 18.4. The van der Waals surface area contributed by atoms with Crippen molar-refractivity contribution in [1.29, 1.82) is 0 Å². The predicted molar refractivity (Wildman–Crippen MR) is 111 cm³/mol. The lowest BCUT2D eigenvalue weighted by Crippen LogP contribution is -2.41. The number of aromatic nitrogens is 1. The second-order valence-corrected chi connectivity index (χ2v) is 9.82. The zero-order valence-electron chi connectivity index (χ0n) is 15.5. The normalized spacial score (nSPS) is 18.5. The maximum absolute atomic E-state index is 6.17. The predicted octanol–water partition coefficient (Wildman–Crippen LogP) is 4.89. The molecule has 134 valence electrons. The smallest absolute Gasteiger partial charge is 0.399 e. The average Bonchev–Trinajstić information content (AvgIpc) is 3.11. The minimum Gasteiger partial charge on any atom is -0.399 e. The molecule has 6 heteroatoms. The molecule has 1 aliphatic heterocycles. The first-order valence-corrected chi connectivity index (χ1v) is 10.6. The van der Waals surface area contributed by atoms with Gasteiger partial charge in [0.15, 0.2) is 4.34 Å². The molecule has 0 atom stereocenters. The van der Waals surface area contributed by atoms with Crippen LogP contribution in [0.5, 0.6) is 0 Å². The van der Waals surface area contributed by atoms with Crippen molar-refractivity contribution in [1.82, 2.24) is 4.98 Å². The molecule has 0 aliphatic carbocycles. The van der Waals surface area contributed by atoms with E-state index < -0.39 is 0 Å². The van der Waals surface area contributed by atoms with Gasteiger partial charge in [-0.2, -0.15) is 0 Å². The third-order valence-electron chi connectivity index (χ3n) is 5.11. The topological polar surface area (TPSA) is 31.4 Å². The molecule has 0 unspecified atom stereocenters. The number of para-hydroxylation sites is 1. The first-order chi connectivity index (χ1) is 12.3. The van der Waals surface area contributed by atoms with Gasteiger partial charge in [0, 0.05) is 5.75 Å². The minimum atomic E-state index is -0.316. The van der Waals surface area contributed by atoms with Crippen LogP contribution in [0.4, 0.5) is 0 Å². The van der Waals surface area contributed by atoms with Crippen LogP contribution in [-0.4, -0.2) is 23.3 Å². The molecule has 1 aliphatic rings. The summed E-state index contributed by atoms with van der Waals surface area (Å²) in [5, 5.41) is 0. The number of fused-ring (bicyclic) bond motifs is 1. The van der Waals surface area contributed by atoms with E-state index in [4.69, 9.17) is 14.3 Å². The highest BCUT2D eigenvalue weighted by Gasteiger charge is 2.51. The molecule has 2 aromatic carbocycles. The Hall–Kier alpha value is -1.34. The highest BCUT2D eigenvalue weighted by Crippen LogP contribution is 2.36. The van der Waals surface area contributed by atoms with Crippen LogP contribution in [0.3, 0.4) is 0 Å². The van der Waals surface area contributed by atoms with Crippen molar-refractivity contribution in [3.8, 4) is 0 Å². The molecule has 26 heavy (non-hydrogen) atoms. The largest absolute Gasteiger partial charge is 0.494 e. The lowest BCUT2D eigenvalue weighted by Gasteiger charge is -2.32. The molecule has 1 fully saturated rings. The molecule has 0 N–H and O–H groups in total. The molecule has 1 saturated heterocycles. The van der Waals surface area contributed by atoms with E-state index in [9.17, 15) is 0 Å². The number of hydrogen-bond donors (Lipinski definition) is 0. The van der Waals surface area contributed by atoms with Gasteiger partial charge in [0.05, 0.1) is 21.4 Å². The van der Waals surface area contributed by atoms with Crippen LogP contribution >= 0.6 is 23.1 Å². The Labute approximate surface area is 163 Å². The Morgan fingerprint density at radius 1 is 1.00 bits per heavy atom. The summed E-state index contributed by atoms with van der Waals surface area (Å²) >= 11 is 3.52. The van der Waals surface area contributed by atoms with Gasteiger partial charge in [-0.25, -0.2) is 4.98 Å². The van der Waals surface area contributed by atoms with Gasteiger partial charge in [-0.05, 0) is 50.9 Å². The monoisotopic (exact) mass is 383 g/mol. The van der Waals surface area contributed by atoms with Crippen LogP contribution in [0.2, 0.25) is 0 Å². The lowest BCUT2D eigenvalue weighted by molar-refractivity contribution is 0.00578. The Morgan fingerprint density at radius 2 is 1.73 bits per heavy atom. The van der Waals surface area contributed by atoms with Gasteiger partial charge in [-0.15, -0.1) is 11.3 Å². The molecule has 0 spiro atoms. The van der Waals surface area contributed by atoms with Gasteiger partial charge in [0.1, 0.15) is 0 Å². The highest BCUT2D eigenvalue weighted by molar-refractivity contribution is 8.00. The fraction of sp³-hybridized carbons (Fsp3) is 0.350. The van der Waals surface area contributed by atoms with E-state index in [1.54, 1.807) is 23.1 Å². The summed E-state index contributed by atoms with van der Waals surface area (Å²) in [7, 11) is -0.313. The maximum Gasteiger partial charge on any atom is 0.494 e. The summed E-state index contributed by atoms with van der Waals surface area (Å²) in [4.78, 5) is 4.70. The van der Waals surface area contributed by atoms with Gasteiger partial charge in [0.2, 0.25) is 0 Å². The fourth-order valence-corrected chi connectivity index (χ4v) is 4.88. The van der Waals surface area contributed by atoms with Gasteiger partial charge in [-0.3, -0.25) is 0 Å². The van der Waals surface area contributed by atoms with Crippen molar-refractivity contribution >= 4 is 45.9 Å².